The van der Waals surface area contributed by atoms with Crippen molar-refractivity contribution in [1.82, 2.24) is 5.32 Å². The van der Waals surface area contributed by atoms with E-state index in [0.717, 1.165) is 16.9 Å². The van der Waals surface area contributed by atoms with Gasteiger partial charge in [0.2, 0.25) is 0 Å². The summed E-state index contributed by atoms with van der Waals surface area (Å²) < 4.78 is 18.4. The van der Waals surface area contributed by atoms with Crippen molar-refractivity contribution in [3.8, 4) is 5.75 Å². The number of aliphatic hydroxyl groups is 1. The fourth-order valence-corrected chi connectivity index (χ4v) is 2.14. The second kappa shape index (κ2) is 7.92. The number of nitrogens with one attached hydrogen (secondary N) is 1. The first-order valence-electron chi connectivity index (χ1n) is 7.44. The van der Waals surface area contributed by atoms with Crippen LogP contribution in [0, 0.1) is 5.82 Å². The fraction of sp³-hybridized carbons (Fsp3) is 0.333. The van der Waals surface area contributed by atoms with Crippen LogP contribution < -0.4 is 10.1 Å². The number of aliphatic hydroxyl groups excluding tert-OH is 1. The van der Waals surface area contributed by atoms with E-state index in [2.05, 4.69) is 5.32 Å². The summed E-state index contributed by atoms with van der Waals surface area (Å²) >= 11 is 0. The Hall–Kier alpha value is -1.91. The average Bonchev–Trinajstić information content (AvgIpc) is 2.49. The van der Waals surface area contributed by atoms with E-state index in [1.165, 1.54) is 12.1 Å². The number of ether oxygens (including phenoxy) is 1. The quantitative estimate of drug-likeness (QED) is 0.823. The molecule has 0 saturated carbocycles. The molecular weight excluding hydrogens is 281 g/mol. The summed E-state index contributed by atoms with van der Waals surface area (Å²) in [6.07, 6.45) is -0.514. The minimum Gasteiger partial charge on any atom is -0.491 e. The predicted octanol–water partition coefficient (Wildman–Crippen LogP) is 3.44. The van der Waals surface area contributed by atoms with Gasteiger partial charge in [0.15, 0.2) is 0 Å². The minimum absolute atomic E-state index is 0.101. The standard InChI is InChI=1S/C18H22FNO2/c1-13(2)22-17-5-3-4-15(10-17)18(21)12-20-11-14-6-8-16(19)9-7-14/h3-10,13,18,20-21H,11-12H2,1-2H3. The van der Waals surface area contributed by atoms with Crippen LogP contribution in [-0.4, -0.2) is 17.8 Å². The molecule has 2 aromatic rings. The number of rotatable bonds is 7. The number of hydrogen-bond acceptors (Lipinski definition) is 3. The summed E-state index contributed by atoms with van der Waals surface area (Å²) in [5.74, 6) is 0.510. The third-order valence-corrected chi connectivity index (χ3v) is 3.19. The van der Waals surface area contributed by atoms with Crippen molar-refractivity contribution in [2.75, 3.05) is 6.54 Å². The van der Waals surface area contributed by atoms with Crippen LogP contribution in [0.1, 0.15) is 31.1 Å². The largest absolute Gasteiger partial charge is 0.491 e. The highest BCUT2D eigenvalue weighted by Crippen LogP contribution is 2.20. The van der Waals surface area contributed by atoms with E-state index >= 15 is 0 Å². The topological polar surface area (TPSA) is 41.5 Å². The lowest BCUT2D eigenvalue weighted by Crippen LogP contribution is -2.21. The van der Waals surface area contributed by atoms with Gasteiger partial charge < -0.3 is 15.2 Å². The molecule has 0 aliphatic carbocycles. The SMILES string of the molecule is CC(C)Oc1cccc(C(O)CNCc2ccc(F)cc2)c1. The Labute approximate surface area is 130 Å². The zero-order valence-electron chi connectivity index (χ0n) is 12.9. The average molecular weight is 303 g/mol. The van der Waals surface area contributed by atoms with Gasteiger partial charge in [0, 0.05) is 13.1 Å². The van der Waals surface area contributed by atoms with E-state index in [-0.39, 0.29) is 11.9 Å². The van der Waals surface area contributed by atoms with E-state index < -0.39 is 6.10 Å². The lowest BCUT2D eigenvalue weighted by molar-refractivity contribution is 0.173. The Morgan fingerprint density at radius 2 is 1.86 bits per heavy atom. The molecule has 2 aromatic carbocycles. The molecule has 0 aliphatic rings. The molecule has 0 aromatic heterocycles. The summed E-state index contributed by atoms with van der Waals surface area (Å²) in [5, 5.41) is 13.4. The maximum absolute atomic E-state index is 12.8. The number of benzene rings is 2. The molecule has 0 bridgehead atoms. The predicted molar refractivity (Wildman–Crippen MR) is 85.3 cm³/mol. The van der Waals surface area contributed by atoms with Crippen molar-refractivity contribution in [2.24, 2.45) is 0 Å². The second-order valence-electron chi connectivity index (χ2n) is 5.51. The Morgan fingerprint density at radius 3 is 2.55 bits per heavy atom. The Bertz CT molecular complexity index is 584. The molecule has 3 nitrogen and oxygen atoms in total. The van der Waals surface area contributed by atoms with Gasteiger partial charge in [0.05, 0.1) is 12.2 Å². The van der Waals surface area contributed by atoms with E-state index in [4.69, 9.17) is 4.74 Å². The van der Waals surface area contributed by atoms with Crippen molar-refractivity contribution in [1.29, 1.82) is 0 Å². The van der Waals surface area contributed by atoms with Crippen molar-refractivity contribution in [3.05, 3.63) is 65.5 Å². The van der Waals surface area contributed by atoms with Gasteiger partial charge in [-0.3, -0.25) is 0 Å². The Kier molecular flexibility index (Phi) is 5.92. The Morgan fingerprint density at radius 1 is 1.14 bits per heavy atom. The molecule has 0 aliphatic heterocycles. The summed E-state index contributed by atoms with van der Waals surface area (Å²) in [7, 11) is 0. The van der Waals surface area contributed by atoms with Crippen LogP contribution in [0.15, 0.2) is 48.5 Å². The van der Waals surface area contributed by atoms with Crippen LogP contribution in [0.25, 0.3) is 0 Å². The van der Waals surface area contributed by atoms with Crippen LogP contribution in [0.3, 0.4) is 0 Å². The molecule has 2 rings (SSSR count). The summed E-state index contributed by atoms with van der Waals surface area (Å²) in [6.45, 7) is 4.93. The summed E-state index contributed by atoms with van der Waals surface area (Å²) in [4.78, 5) is 0. The van der Waals surface area contributed by atoms with Crippen LogP contribution in [0.5, 0.6) is 5.75 Å². The third-order valence-electron chi connectivity index (χ3n) is 3.19. The molecule has 0 saturated heterocycles. The maximum Gasteiger partial charge on any atom is 0.123 e. The smallest absolute Gasteiger partial charge is 0.123 e. The first kappa shape index (κ1) is 16.5. The molecule has 118 valence electrons. The van der Waals surface area contributed by atoms with Gasteiger partial charge in [-0.15, -0.1) is 0 Å². The van der Waals surface area contributed by atoms with Crippen molar-refractivity contribution in [2.45, 2.75) is 32.6 Å². The third kappa shape index (κ3) is 5.13. The molecule has 0 radical (unpaired) electrons. The fourth-order valence-electron chi connectivity index (χ4n) is 2.14. The molecule has 2 N–H and O–H groups in total. The molecule has 4 heteroatoms. The van der Waals surface area contributed by atoms with Crippen molar-refractivity contribution in [3.63, 3.8) is 0 Å². The highest BCUT2D eigenvalue weighted by Gasteiger charge is 2.08. The maximum atomic E-state index is 12.8. The summed E-state index contributed by atoms with van der Waals surface area (Å²) in [5.41, 5.74) is 1.79. The zero-order chi connectivity index (χ0) is 15.9. The highest BCUT2D eigenvalue weighted by molar-refractivity contribution is 5.30. The minimum atomic E-state index is -0.615. The lowest BCUT2D eigenvalue weighted by Gasteiger charge is -2.15. The van der Waals surface area contributed by atoms with E-state index in [9.17, 15) is 9.50 Å². The van der Waals surface area contributed by atoms with Crippen LogP contribution >= 0.6 is 0 Å². The van der Waals surface area contributed by atoms with Crippen LogP contribution in [0.2, 0.25) is 0 Å². The second-order valence-corrected chi connectivity index (χ2v) is 5.51. The molecule has 0 spiro atoms. The van der Waals surface area contributed by atoms with E-state index in [1.807, 2.05) is 38.1 Å². The van der Waals surface area contributed by atoms with Gasteiger partial charge in [-0.25, -0.2) is 4.39 Å². The van der Waals surface area contributed by atoms with Crippen LogP contribution in [-0.2, 0) is 6.54 Å². The Balaban J connectivity index is 1.86. The van der Waals surface area contributed by atoms with Gasteiger partial charge >= 0.3 is 0 Å². The van der Waals surface area contributed by atoms with Gasteiger partial charge in [0.1, 0.15) is 11.6 Å². The van der Waals surface area contributed by atoms with Gasteiger partial charge in [-0.1, -0.05) is 24.3 Å². The first-order chi connectivity index (χ1) is 10.5. The molecule has 0 heterocycles. The van der Waals surface area contributed by atoms with Crippen molar-refractivity contribution < 1.29 is 14.2 Å². The molecule has 0 fully saturated rings. The first-order valence-corrected chi connectivity index (χ1v) is 7.44. The molecule has 1 unspecified atom stereocenters. The number of hydrogen-bond donors (Lipinski definition) is 2. The zero-order valence-corrected chi connectivity index (χ0v) is 12.9. The molecule has 1 atom stereocenters. The normalized spacial score (nSPS) is 12.4. The monoisotopic (exact) mass is 303 g/mol. The molecular formula is C18H22FNO2. The van der Waals surface area contributed by atoms with E-state index in [1.54, 1.807) is 12.1 Å². The van der Waals surface area contributed by atoms with Crippen LogP contribution in [0.4, 0.5) is 4.39 Å². The summed E-state index contributed by atoms with van der Waals surface area (Å²) in [6, 6.07) is 13.8. The van der Waals surface area contributed by atoms with Gasteiger partial charge in [0.25, 0.3) is 0 Å². The van der Waals surface area contributed by atoms with E-state index in [0.29, 0.717) is 13.1 Å². The van der Waals surface area contributed by atoms with Gasteiger partial charge in [-0.2, -0.15) is 0 Å². The van der Waals surface area contributed by atoms with Gasteiger partial charge in [-0.05, 0) is 49.2 Å². The number of halogens is 1. The highest BCUT2D eigenvalue weighted by atomic mass is 19.1. The lowest BCUT2D eigenvalue weighted by atomic mass is 10.1. The molecule has 22 heavy (non-hydrogen) atoms. The van der Waals surface area contributed by atoms with Crippen molar-refractivity contribution >= 4 is 0 Å². The molecule has 0 amide bonds.